The average molecular weight is 517 g/mol. The molecule has 0 radical (unpaired) electrons. The minimum absolute atomic E-state index is 0.0426. The first-order valence-corrected chi connectivity index (χ1v) is 11.6. The lowest BCUT2D eigenvalue weighted by Crippen LogP contribution is -2.47. The maximum Gasteiger partial charge on any atom is 0.408 e. The number of aliphatic hydroxyl groups is 1. The van der Waals surface area contributed by atoms with Gasteiger partial charge in [0.2, 0.25) is 5.95 Å². The molecule has 0 unspecified atom stereocenters. The van der Waals surface area contributed by atoms with Crippen LogP contribution in [0.1, 0.15) is 36.7 Å². The van der Waals surface area contributed by atoms with E-state index in [2.05, 4.69) is 26.1 Å². The van der Waals surface area contributed by atoms with Crippen molar-refractivity contribution in [3.63, 3.8) is 0 Å². The Kier molecular flexibility index (Phi) is 9.12. The van der Waals surface area contributed by atoms with Crippen LogP contribution in [0.15, 0.2) is 48.8 Å². The van der Waals surface area contributed by atoms with E-state index in [4.69, 9.17) is 4.74 Å². The van der Waals surface area contributed by atoms with E-state index in [-0.39, 0.29) is 29.2 Å². The van der Waals surface area contributed by atoms with E-state index < -0.39 is 36.2 Å². The molecule has 0 bridgehead atoms. The highest BCUT2D eigenvalue weighted by Crippen LogP contribution is 2.19. The Morgan fingerprint density at radius 3 is 2.62 bits per heavy atom. The highest BCUT2D eigenvalue weighted by molar-refractivity contribution is 5.94. The van der Waals surface area contributed by atoms with Gasteiger partial charge in [0.15, 0.2) is 0 Å². The number of ether oxygens (including phenoxy) is 1. The van der Waals surface area contributed by atoms with Gasteiger partial charge in [0, 0.05) is 19.3 Å². The van der Waals surface area contributed by atoms with Gasteiger partial charge in [0.25, 0.3) is 5.91 Å². The van der Waals surface area contributed by atoms with E-state index in [0.717, 1.165) is 5.56 Å². The van der Waals surface area contributed by atoms with E-state index in [1.807, 2.05) is 0 Å². The fourth-order valence-corrected chi connectivity index (χ4v) is 3.25. The van der Waals surface area contributed by atoms with Gasteiger partial charge in [-0.25, -0.2) is 9.18 Å². The molecule has 1 atom stereocenters. The molecule has 3 aromatic rings. The van der Waals surface area contributed by atoms with Gasteiger partial charge in [-0.1, -0.05) is 12.1 Å². The molecular formula is C25H30F2N6O4. The van der Waals surface area contributed by atoms with Crippen LogP contribution in [0.2, 0.25) is 0 Å². The fourth-order valence-electron chi connectivity index (χ4n) is 3.25. The molecule has 12 heteroatoms. The number of aliphatic hydroxyl groups excluding tert-OH is 1. The van der Waals surface area contributed by atoms with Crippen molar-refractivity contribution in [1.29, 1.82) is 0 Å². The Morgan fingerprint density at radius 1 is 1.19 bits per heavy atom. The van der Waals surface area contributed by atoms with Gasteiger partial charge >= 0.3 is 6.09 Å². The van der Waals surface area contributed by atoms with Crippen LogP contribution in [0.25, 0.3) is 11.3 Å². The van der Waals surface area contributed by atoms with Crippen molar-refractivity contribution >= 4 is 12.0 Å². The Labute approximate surface area is 213 Å². The fraction of sp³-hybridized carbons (Fsp3) is 0.360. The average Bonchev–Trinajstić information content (AvgIpc) is 3.20. The molecule has 10 nitrogen and oxygen atoms in total. The van der Waals surface area contributed by atoms with Crippen LogP contribution in [0.5, 0.6) is 0 Å². The number of pyridine rings is 1. The summed E-state index contributed by atoms with van der Waals surface area (Å²) in [6, 6.07) is 8.42. The number of hydrogen-bond acceptors (Lipinski definition) is 7. The predicted octanol–water partition coefficient (Wildman–Crippen LogP) is 2.62. The zero-order valence-corrected chi connectivity index (χ0v) is 20.8. The van der Waals surface area contributed by atoms with Gasteiger partial charge in [0.05, 0.1) is 35.7 Å². The van der Waals surface area contributed by atoms with E-state index in [1.54, 1.807) is 32.9 Å². The second kappa shape index (κ2) is 12.3. The number of aromatic nitrogens is 3. The topological polar surface area (TPSA) is 130 Å². The number of alkyl carbamates (subject to hydrolysis) is 1. The smallest absolute Gasteiger partial charge is 0.408 e. The number of carbonyl (C=O) groups is 2. The summed E-state index contributed by atoms with van der Waals surface area (Å²) in [5.74, 6) is -1.56. The molecule has 1 aromatic carbocycles. The summed E-state index contributed by atoms with van der Waals surface area (Å²) >= 11 is 0. The third-order valence-electron chi connectivity index (χ3n) is 5.00. The summed E-state index contributed by atoms with van der Waals surface area (Å²) in [5.41, 5.74) is 3.63. The van der Waals surface area contributed by atoms with Gasteiger partial charge in [-0.15, -0.1) is 5.10 Å². The van der Waals surface area contributed by atoms with Crippen molar-refractivity contribution < 1.29 is 28.2 Å². The highest BCUT2D eigenvalue weighted by atomic mass is 19.1. The lowest BCUT2D eigenvalue weighted by Gasteiger charge is -2.22. The third kappa shape index (κ3) is 8.53. The van der Waals surface area contributed by atoms with E-state index in [1.165, 1.54) is 41.4 Å². The first-order chi connectivity index (χ1) is 17.5. The maximum absolute atomic E-state index is 14.4. The van der Waals surface area contributed by atoms with Crippen molar-refractivity contribution in [2.45, 2.75) is 38.8 Å². The molecule has 0 saturated heterocycles. The number of carbonyl (C=O) groups excluding carboxylic acids is 2. The van der Waals surface area contributed by atoms with Crippen LogP contribution < -0.4 is 16.1 Å². The predicted molar refractivity (Wildman–Crippen MR) is 132 cm³/mol. The molecule has 2 amide bonds. The number of rotatable bonds is 10. The highest BCUT2D eigenvalue weighted by Gasteiger charge is 2.20. The van der Waals surface area contributed by atoms with Crippen LogP contribution in [-0.4, -0.2) is 63.3 Å². The normalized spacial score (nSPS) is 12.1. The van der Waals surface area contributed by atoms with Crippen LogP contribution in [0, 0.1) is 11.8 Å². The van der Waals surface area contributed by atoms with Crippen LogP contribution in [0.3, 0.4) is 0 Å². The number of amides is 2. The number of halogens is 2. The lowest BCUT2D eigenvalue weighted by molar-refractivity contribution is 0.0480. The SMILES string of the molecule is CC(C)(C)OC(=O)N[C@@H](CO)CNC(=O)c1ccc(-c2cn(NCCc3cccc(F)c3)nc2F)nc1. The van der Waals surface area contributed by atoms with Gasteiger partial charge in [-0.05, 0) is 57.0 Å². The molecule has 0 aliphatic carbocycles. The summed E-state index contributed by atoms with van der Waals surface area (Å²) in [7, 11) is 0. The second-order valence-corrected chi connectivity index (χ2v) is 9.23. The molecular weight excluding hydrogens is 486 g/mol. The molecule has 0 saturated carbocycles. The molecule has 2 aromatic heterocycles. The summed E-state index contributed by atoms with van der Waals surface area (Å²) in [6.07, 6.45) is 2.52. The maximum atomic E-state index is 14.4. The van der Waals surface area contributed by atoms with Crippen molar-refractivity contribution in [2.75, 3.05) is 25.1 Å². The molecule has 0 aliphatic rings. The minimum atomic E-state index is -0.751. The lowest BCUT2D eigenvalue weighted by atomic mass is 10.1. The van der Waals surface area contributed by atoms with Crippen LogP contribution >= 0.6 is 0 Å². The molecule has 2 heterocycles. The van der Waals surface area contributed by atoms with Gasteiger partial charge in [-0.3, -0.25) is 9.78 Å². The Bertz CT molecular complexity index is 1210. The van der Waals surface area contributed by atoms with Crippen LogP contribution in [0.4, 0.5) is 13.6 Å². The van der Waals surface area contributed by atoms with Gasteiger partial charge < -0.3 is 25.9 Å². The first kappa shape index (κ1) is 27.5. The van der Waals surface area contributed by atoms with E-state index in [9.17, 15) is 23.5 Å². The van der Waals surface area contributed by atoms with Crippen LogP contribution in [-0.2, 0) is 11.2 Å². The minimum Gasteiger partial charge on any atom is -0.444 e. The third-order valence-corrected chi connectivity index (χ3v) is 5.00. The summed E-state index contributed by atoms with van der Waals surface area (Å²) < 4.78 is 32.8. The summed E-state index contributed by atoms with van der Waals surface area (Å²) in [6.45, 7) is 5.08. The molecule has 3 rings (SSSR count). The van der Waals surface area contributed by atoms with Crippen molar-refractivity contribution in [3.8, 4) is 11.3 Å². The standard InChI is InChI=1S/C25H30F2N6O4/c1-25(2,3)37-24(36)31-19(15-34)13-29-23(35)17-7-8-21(28-12-17)20-14-33(32-22(20)27)30-10-9-16-5-4-6-18(26)11-16/h4-8,11-12,14,19,30,34H,9-10,13,15H2,1-3H3,(H,29,35)(H,31,36)/t19-/m1/s1. The summed E-state index contributed by atoms with van der Waals surface area (Å²) in [4.78, 5) is 29.7. The zero-order valence-electron chi connectivity index (χ0n) is 20.8. The van der Waals surface area contributed by atoms with E-state index in [0.29, 0.717) is 13.0 Å². The number of hydrogen-bond donors (Lipinski definition) is 4. The van der Waals surface area contributed by atoms with Crippen molar-refractivity contribution in [1.82, 2.24) is 25.5 Å². The monoisotopic (exact) mass is 516 g/mol. The molecule has 37 heavy (non-hydrogen) atoms. The molecule has 0 fully saturated rings. The molecule has 0 aliphatic heterocycles. The Balaban J connectivity index is 1.53. The molecule has 4 N–H and O–H groups in total. The zero-order chi connectivity index (χ0) is 27.0. The Morgan fingerprint density at radius 2 is 1.97 bits per heavy atom. The largest absolute Gasteiger partial charge is 0.444 e. The quantitative estimate of drug-likeness (QED) is 0.326. The van der Waals surface area contributed by atoms with Gasteiger partial charge in [-0.2, -0.15) is 9.18 Å². The van der Waals surface area contributed by atoms with Crippen molar-refractivity contribution in [2.24, 2.45) is 0 Å². The number of nitrogens with zero attached hydrogens (tertiary/aromatic N) is 3. The van der Waals surface area contributed by atoms with Crippen molar-refractivity contribution in [3.05, 3.63) is 71.7 Å². The molecule has 0 spiro atoms. The van der Waals surface area contributed by atoms with Gasteiger partial charge in [0.1, 0.15) is 11.4 Å². The number of nitrogens with one attached hydrogen (secondary N) is 3. The first-order valence-electron chi connectivity index (χ1n) is 11.6. The van der Waals surface area contributed by atoms with E-state index >= 15 is 0 Å². The molecule has 198 valence electrons. The number of benzene rings is 1. The Hall–Kier alpha value is -4.06. The second-order valence-electron chi connectivity index (χ2n) is 9.23. The summed E-state index contributed by atoms with van der Waals surface area (Å²) in [5, 5.41) is 18.3.